The standard InChI is InChI=1S/C26H27NO2/c1-20-12-14-22(15-13-20)24(21-8-4-2-5-9-21)27-25(28)26(16-18-29-19-17-26)23-10-6-3-7-11-23/h2-15,24H,16-19H2,1H3,(H,27,28)/t24-/m1/s1. The Kier molecular flexibility index (Phi) is 5.77. The van der Waals surface area contributed by atoms with Crippen LogP contribution in [0.4, 0.5) is 0 Å². The van der Waals surface area contributed by atoms with Gasteiger partial charge in [0.05, 0.1) is 11.5 Å². The Morgan fingerprint density at radius 2 is 1.38 bits per heavy atom. The van der Waals surface area contributed by atoms with Crippen LogP contribution in [0.1, 0.15) is 41.1 Å². The third-order valence-electron chi connectivity index (χ3n) is 5.93. The molecule has 3 nitrogen and oxygen atoms in total. The topological polar surface area (TPSA) is 38.3 Å². The molecule has 1 atom stereocenters. The Bertz CT molecular complexity index is 929. The van der Waals surface area contributed by atoms with Crippen molar-refractivity contribution >= 4 is 5.91 Å². The van der Waals surface area contributed by atoms with E-state index in [-0.39, 0.29) is 11.9 Å². The maximum atomic E-state index is 13.8. The van der Waals surface area contributed by atoms with Gasteiger partial charge in [0.15, 0.2) is 0 Å². The summed E-state index contributed by atoms with van der Waals surface area (Å²) in [6.07, 6.45) is 1.39. The predicted molar refractivity (Wildman–Crippen MR) is 116 cm³/mol. The summed E-state index contributed by atoms with van der Waals surface area (Å²) in [4.78, 5) is 13.8. The first-order chi connectivity index (χ1) is 14.2. The van der Waals surface area contributed by atoms with Gasteiger partial charge in [-0.05, 0) is 36.5 Å². The number of rotatable bonds is 5. The zero-order valence-corrected chi connectivity index (χ0v) is 16.8. The Labute approximate surface area is 172 Å². The van der Waals surface area contributed by atoms with Gasteiger partial charge in [0.2, 0.25) is 5.91 Å². The largest absolute Gasteiger partial charge is 0.381 e. The maximum Gasteiger partial charge on any atom is 0.231 e. The summed E-state index contributed by atoms with van der Waals surface area (Å²) in [6, 6.07) is 28.5. The van der Waals surface area contributed by atoms with Crippen LogP contribution in [0.3, 0.4) is 0 Å². The highest BCUT2D eigenvalue weighted by atomic mass is 16.5. The smallest absolute Gasteiger partial charge is 0.231 e. The zero-order chi connectivity index (χ0) is 20.1. The Hall–Kier alpha value is -2.91. The normalized spacial score (nSPS) is 16.7. The SMILES string of the molecule is Cc1ccc([C@H](NC(=O)C2(c3ccccc3)CCOCC2)c2ccccc2)cc1. The van der Waals surface area contributed by atoms with Crippen molar-refractivity contribution in [2.75, 3.05) is 13.2 Å². The summed E-state index contributed by atoms with van der Waals surface area (Å²) < 4.78 is 5.60. The minimum atomic E-state index is -0.558. The van der Waals surface area contributed by atoms with Crippen molar-refractivity contribution in [3.05, 3.63) is 107 Å². The molecule has 1 heterocycles. The first-order valence-electron chi connectivity index (χ1n) is 10.2. The highest BCUT2D eigenvalue weighted by Gasteiger charge is 2.42. The molecule has 4 rings (SSSR count). The molecule has 1 fully saturated rings. The molecule has 0 aromatic heterocycles. The fraction of sp³-hybridized carbons (Fsp3) is 0.269. The van der Waals surface area contributed by atoms with E-state index in [1.54, 1.807) is 0 Å². The summed E-state index contributed by atoms with van der Waals surface area (Å²) >= 11 is 0. The molecule has 0 bridgehead atoms. The van der Waals surface area contributed by atoms with Crippen molar-refractivity contribution in [1.29, 1.82) is 0 Å². The van der Waals surface area contributed by atoms with Crippen LogP contribution in [0.15, 0.2) is 84.9 Å². The van der Waals surface area contributed by atoms with Crippen LogP contribution in [0.25, 0.3) is 0 Å². The van der Waals surface area contributed by atoms with Crippen LogP contribution in [-0.2, 0) is 14.9 Å². The molecular formula is C26H27NO2. The second kappa shape index (κ2) is 8.62. The van der Waals surface area contributed by atoms with Crippen LogP contribution in [0.5, 0.6) is 0 Å². The fourth-order valence-electron chi connectivity index (χ4n) is 4.16. The van der Waals surface area contributed by atoms with Crippen LogP contribution < -0.4 is 5.32 Å². The molecule has 148 valence electrons. The second-order valence-electron chi connectivity index (χ2n) is 7.79. The van der Waals surface area contributed by atoms with E-state index in [1.165, 1.54) is 5.56 Å². The summed E-state index contributed by atoms with van der Waals surface area (Å²) in [7, 11) is 0. The van der Waals surface area contributed by atoms with E-state index in [2.05, 4.69) is 60.8 Å². The molecule has 1 aliphatic rings. The van der Waals surface area contributed by atoms with Gasteiger partial charge in [-0.3, -0.25) is 4.79 Å². The number of carbonyl (C=O) groups excluding carboxylic acids is 1. The lowest BCUT2D eigenvalue weighted by molar-refractivity contribution is -0.131. The molecule has 0 saturated carbocycles. The van der Waals surface area contributed by atoms with Crippen LogP contribution in [0, 0.1) is 6.92 Å². The number of ether oxygens (including phenoxy) is 1. The van der Waals surface area contributed by atoms with E-state index in [1.807, 2.05) is 36.4 Å². The molecule has 29 heavy (non-hydrogen) atoms. The van der Waals surface area contributed by atoms with E-state index < -0.39 is 5.41 Å². The quantitative estimate of drug-likeness (QED) is 0.675. The van der Waals surface area contributed by atoms with Crippen molar-refractivity contribution < 1.29 is 9.53 Å². The number of carbonyl (C=O) groups is 1. The van der Waals surface area contributed by atoms with Crippen molar-refractivity contribution in [3.8, 4) is 0 Å². The van der Waals surface area contributed by atoms with E-state index >= 15 is 0 Å². The molecule has 1 aliphatic heterocycles. The molecule has 0 radical (unpaired) electrons. The average molecular weight is 386 g/mol. The molecule has 0 spiro atoms. The van der Waals surface area contributed by atoms with Gasteiger partial charge in [-0.2, -0.15) is 0 Å². The highest BCUT2D eigenvalue weighted by Crippen LogP contribution is 2.36. The monoisotopic (exact) mass is 385 g/mol. The van der Waals surface area contributed by atoms with E-state index in [0.29, 0.717) is 26.1 Å². The lowest BCUT2D eigenvalue weighted by Gasteiger charge is -2.37. The highest BCUT2D eigenvalue weighted by molar-refractivity contribution is 5.89. The van der Waals surface area contributed by atoms with Crippen LogP contribution in [0.2, 0.25) is 0 Å². The molecule has 1 saturated heterocycles. The summed E-state index contributed by atoms with van der Waals surface area (Å²) in [6.45, 7) is 3.28. The van der Waals surface area contributed by atoms with Crippen molar-refractivity contribution in [2.45, 2.75) is 31.2 Å². The number of amides is 1. The van der Waals surface area contributed by atoms with Gasteiger partial charge < -0.3 is 10.1 Å². The molecule has 3 aromatic rings. The lowest BCUT2D eigenvalue weighted by atomic mass is 9.73. The van der Waals surface area contributed by atoms with Crippen LogP contribution >= 0.6 is 0 Å². The molecule has 3 heteroatoms. The van der Waals surface area contributed by atoms with Gasteiger partial charge in [-0.15, -0.1) is 0 Å². The summed E-state index contributed by atoms with van der Waals surface area (Å²) in [5, 5.41) is 3.38. The van der Waals surface area contributed by atoms with Gasteiger partial charge in [0.25, 0.3) is 0 Å². The van der Waals surface area contributed by atoms with E-state index in [4.69, 9.17) is 4.74 Å². The predicted octanol–water partition coefficient (Wildman–Crippen LogP) is 4.95. The number of hydrogen-bond donors (Lipinski definition) is 1. The first-order valence-corrected chi connectivity index (χ1v) is 10.2. The summed E-state index contributed by atoms with van der Waals surface area (Å²) in [5.74, 6) is 0.0708. The number of hydrogen-bond acceptors (Lipinski definition) is 2. The van der Waals surface area contributed by atoms with Gasteiger partial charge >= 0.3 is 0 Å². The van der Waals surface area contributed by atoms with Gasteiger partial charge in [-0.1, -0.05) is 90.5 Å². The number of aryl methyl sites for hydroxylation is 1. The Morgan fingerprint density at radius 1 is 0.828 bits per heavy atom. The molecule has 0 unspecified atom stereocenters. The maximum absolute atomic E-state index is 13.8. The number of nitrogens with one attached hydrogen (secondary N) is 1. The zero-order valence-electron chi connectivity index (χ0n) is 16.8. The van der Waals surface area contributed by atoms with E-state index in [9.17, 15) is 4.79 Å². The third-order valence-corrected chi connectivity index (χ3v) is 5.93. The lowest BCUT2D eigenvalue weighted by Crippen LogP contribution is -2.49. The van der Waals surface area contributed by atoms with Crippen molar-refractivity contribution in [3.63, 3.8) is 0 Å². The van der Waals surface area contributed by atoms with Crippen LogP contribution in [-0.4, -0.2) is 19.1 Å². The minimum absolute atomic E-state index is 0.0708. The van der Waals surface area contributed by atoms with Gasteiger partial charge in [-0.25, -0.2) is 0 Å². The fourth-order valence-corrected chi connectivity index (χ4v) is 4.16. The molecule has 3 aromatic carbocycles. The third kappa shape index (κ3) is 4.10. The summed E-state index contributed by atoms with van der Waals surface area (Å²) in [5.41, 5.74) is 3.89. The Balaban J connectivity index is 1.70. The van der Waals surface area contributed by atoms with E-state index in [0.717, 1.165) is 16.7 Å². The second-order valence-corrected chi connectivity index (χ2v) is 7.79. The minimum Gasteiger partial charge on any atom is -0.381 e. The molecule has 0 aliphatic carbocycles. The first kappa shape index (κ1) is 19.4. The molecule has 1 N–H and O–H groups in total. The molecular weight excluding hydrogens is 358 g/mol. The van der Waals surface area contributed by atoms with Crippen molar-refractivity contribution in [1.82, 2.24) is 5.32 Å². The van der Waals surface area contributed by atoms with Gasteiger partial charge in [0.1, 0.15) is 0 Å². The Morgan fingerprint density at radius 3 is 2.00 bits per heavy atom. The average Bonchev–Trinajstić information content (AvgIpc) is 2.79. The molecule has 1 amide bonds. The van der Waals surface area contributed by atoms with Crippen molar-refractivity contribution in [2.24, 2.45) is 0 Å². The van der Waals surface area contributed by atoms with Gasteiger partial charge in [0, 0.05) is 13.2 Å². The number of benzene rings is 3.